The standard InChI is InChI=1S/C25H27NO8/c1-13(2)6-7-16-20(34-25(33)22-14(3)9-15(27)10-19(22)28)11-17-18(23(16)31)12-26(24(17)32)8-4-5-21(29)30/h6,9-11,27-28,31H,4-5,7-8,12H2,1-3H3,(H,29,30). The molecular weight excluding hydrogens is 442 g/mol. The van der Waals surface area contributed by atoms with Crippen LogP contribution in [0.1, 0.15) is 64.1 Å². The number of carbonyl (C=O) groups excluding carboxylic acids is 2. The third-order valence-corrected chi connectivity index (χ3v) is 5.58. The molecule has 1 heterocycles. The highest BCUT2D eigenvalue weighted by Gasteiger charge is 2.33. The fourth-order valence-corrected chi connectivity index (χ4v) is 3.88. The lowest BCUT2D eigenvalue weighted by atomic mass is 9.99. The van der Waals surface area contributed by atoms with Crippen molar-refractivity contribution in [1.29, 1.82) is 0 Å². The maximum atomic E-state index is 12.9. The number of rotatable bonds is 8. The van der Waals surface area contributed by atoms with Gasteiger partial charge in [0.15, 0.2) is 0 Å². The van der Waals surface area contributed by atoms with Gasteiger partial charge in [0.25, 0.3) is 5.91 Å². The van der Waals surface area contributed by atoms with Crippen LogP contribution in [0.2, 0.25) is 0 Å². The second kappa shape index (κ2) is 9.86. The molecule has 1 amide bonds. The molecule has 4 N–H and O–H groups in total. The zero-order chi connectivity index (χ0) is 25.2. The largest absolute Gasteiger partial charge is 0.508 e. The Balaban J connectivity index is 1.99. The lowest BCUT2D eigenvalue weighted by Gasteiger charge is -2.15. The maximum absolute atomic E-state index is 12.9. The van der Waals surface area contributed by atoms with Crippen LogP contribution >= 0.6 is 0 Å². The smallest absolute Gasteiger partial charge is 0.347 e. The van der Waals surface area contributed by atoms with Gasteiger partial charge in [0.05, 0.1) is 12.1 Å². The monoisotopic (exact) mass is 469 g/mol. The van der Waals surface area contributed by atoms with E-state index in [-0.39, 0.29) is 60.7 Å². The van der Waals surface area contributed by atoms with Crippen LogP contribution in [0.5, 0.6) is 23.0 Å². The third-order valence-electron chi connectivity index (χ3n) is 5.58. The number of phenols is 3. The molecule has 34 heavy (non-hydrogen) atoms. The van der Waals surface area contributed by atoms with E-state index in [1.807, 2.05) is 19.9 Å². The first-order chi connectivity index (χ1) is 16.0. The van der Waals surface area contributed by atoms with E-state index in [1.165, 1.54) is 24.0 Å². The number of aliphatic carboxylic acids is 1. The van der Waals surface area contributed by atoms with Gasteiger partial charge in [-0.2, -0.15) is 0 Å². The van der Waals surface area contributed by atoms with Gasteiger partial charge in [-0.05, 0) is 51.3 Å². The second-order valence-electron chi connectivity index (χ2n) is 8.48. The van der Waals surface area contributed by atoms with Gasteiger partial charge in [0, 0.05) is 30.2 Å². The van der Waals surface area contributed by atoms with E-state index in [1.54, 1.807) is 0 Å². The molecule has 0 aromatic heterocycles. The molecule has 2 aromatic carbocycles. The summed E-state index contributed by atoms with van der Waals surface area (Å²) in [5, 5.41) is 39.6. The molecule has 0 spiro atoms. The molecule has 9 heteroatoms. The molecule has 0 atom stereocenters. The molecule has 2 aromatic rings. The predicted octanol–water partition coefficient (Wildman–Crippen LogP) is 3.66. The molecule has 0 aliphatic carbocycles. The molecule has 1 aliphatic rings. The molecule has 3 rings (SSSR count). The molecule has 0 radical (unpaired) electrons. The van der Waals surface area contributed by atoms with Crippen LogP contribution in [0.3, 0.4) is 0 Å². The Labute approximate surface area is 196 Å². The number of aryl methyl sites for hydroxylation is 1. The summed E-state index contributed by atoms with van der Waals surface area (Å²) >= 11 is 0. The number of esters is 1. The van der Waals surface area contributed by atoms with Gasteiger partial charge in [-0.3, -0.25) is 9.59 Å². The summed E-state index contributed by atoms with van der Waals surface area (Å²) < 4.78 is 5.55. The summed E-state index contributed by atoms with van der Waals surface area (Å²) in [6.07, 6.45) is 2.25. The first kappa shape index (κ1) is 24.6. The van der Waals surface area contributed by atoms with Crippen LogP contribution in [0, 0.1) is 6.92 Å². The Hall–Kier alpha value is -4.01. The van der Waals surface area contributed by atoms with E-state index >= 15 is 0 Å². The van der Waals surface area contributed by atoms with E-state index in [0.29, 0.717) is 16.7 Å². The number of amides is 1. The van der Waals surface area contributed by atoms with Crippen molar-refractivity contribution in [1.82, 2.24) is 4.90 Å². The number of carbonyl (C=O) groups is 3. The summed E-state index contributed by atoms with van der Waals surface area (Å²) in [4.78, 5) is 38.1. The van der Waals surface area contributed by atoms with Crippen molar-refractivity contribution in [3.63, 3.8) is 0 Å². The molecule has 0 saturated carbocycles. The number of benzene rings is 2. The Morgan fingerprint density at radius 1 is 1.15 bits per heavy atom. The first-order valence-corrected chi connectivity index (χ1v) is 10.8. The van der Waals surface area contributed by atoms with Gasteiger partial charge in [0.2, 0.25) is 0 Å². The molecular formula is C25H27NO8. The fourth-order valence-electron chi connectivity index (χ4n) is 3.88. The quantitative estimate of drug-likeness (QED) is 0.260. The number of carboxylic acid groups (broad SMARTS) is 1. The molecule has 180 valence electrons. The Bertz CT molecular complexity index is 1170. The van der Waals surface area contributed by atoms with Crippen LogP contribution in [0.25, 0.3) is 0 Å². The number of carboxylic acids is 1. The highest BCUT2D eigenvalue weighted by molar-refractivity contribution is 6.01. The molecule has 0 bridgehead atoms. The number of phenolic OH excluding ortho intramolecular Hbond substituents is 3. The van der Waals surface area contributed by atoms with Crippen molar-refractivity contribution in [2.75, 3.05) is 6.54 Å². The van der Waals surface area contributed by atoms with Crippen LogP contribution in [0.15, 0.2) is 29.8 Å². The highest BCUT2D eigenvalue weighted by Crippen LogP contribution is 2.40. The Morgan fingerprint density at radius 3 is 2.47 bits per heavy atom. The number of ether oxygens (including phenoxy) is 1. The Kier molecular flexibility index (Phi) is 7.14. The summed E-state index contributed by atoms with van der Waals surface area (Å²) in [5.74, 6) is -3.12. The van der Waals surface area contributed by atoms with Gasteiger partial charge in [-0.25, -0.2) is 4.79 Å². The normalized spacial score (nSPS) is 12.4. The third kappa shape index (κ3) is 5.14. The van der Waals surface area contributed by atoms with Crippen molar-refractivity contribution in [2.45, 2.75) is 46.6 Å². The van der Waals surface area contributed by atoms with E-state index in [4.69, 9.17) is 9.84 Å². The fraction of sp³-hybridized carbons (Fsp3) is 0.320. The summed E-state index contributed by atoms with van der Waals surface area (Å²) in [7, 11) is 0. The van der Waals surface area contributed by atoms with Crippen LogP contribution < -0.4 is 4.74 Å². The minimum Gasteiger partial charge on any atom is -0.508 e. The first-order valence-electron chi connectivity index (χ1n) is 10.8. The maximum Gasteiger partial charge on any atom is 0.347 e. The summed E-state index contributed by atoms with van der Waals surface area (Å²) in [6.45, 7) is 5.61. The second-order valence-corrected chi connectivity index (χ2v) is 8.48. The average molecular weight is 469 g/mol. The minimum atomic E-state index is -0.960. The van der Waals surface area contributed by atoms with E-state index < -0.39 is 23.6 Å². The van der Waals surface area contributed by atoms with Crippen molar-refractivity contribution < 1.29 is 39.5 Å². The molecule has 0 fully saturated rings. The Morgan fingerprint density at radius 2 is 1.85 bits per heavy atom. The topological polar surface area (TPSA) is 145 Å². The molecule has 0 unspecified atom stereocenters. The van der Waals surface area contributed by atoms with Crippen LogP contribution in [0.4, 0.5) is 0 Å². The lowest BCUT2D eigenvalue weighted by molar-refractivity contribution is -0.137. The summed E-state index contributed by atoms with van der Waals surface area (Å²) in [6, 6.07) is 3.72. The molecule has 0 saturated heterocycles. The number of nitrogens with zero attached hydrogens (tertiary/aromatic N) is 1. The number of fused-ring (bicyclic) bond motifs is 1. The van der Waals surface area contributed by atoms with Gasteiger partial charge >= 0.3 is 11.9 Å². The lowest BCUT2D eigenvalue weighted by Crippen LogP contribution is -2.25. The number of hydrogen-bond acceptors (Lipinski definition) is 7. The number of aromatic hydroxyl groups is 3. The van der Waals surface area contributed by atoms with E-state index in [9.17, 15) is 29.7 Å². The van der Waals surface area contributed by atoms with Gasteiger partial charge in [-0.15, -0.1) is 0 Å². The van der Waals surface area contributed by atoms with Gasteiger partial charge < -0.3 is 30.1 Å². The van der Waals surface area contributed by atoms with Crippen LogP contribution in [-0.4, -0.2) is 49.7 Å². The van der Waals surface area contributed by atoms with Crippen molar-refractivity contribution in [2.24, 2.45) is 0 Å². The van der Waals surface area contributed by atoms with E-state index in [0.717, 1.165) is 11.6 Å². The SMILES string of the molecule is CC(C)=CCc1c(OC(=O)c2c(C)cc(O)cc2O)cc2c(c1O)CN(CCCC(=O)O)C2=O. The van der Waals surface area contributed by atoms with Crippen molar-refractivity contribution in [3.8, 4) is 23.0 Å². The van der Waals surface area contributed by atoms with Crippen molar-refractivity contribution in [3.05, 3.63) is 57.7 Å². The van der Waals surface area contributed by atoms with E-state index in [2.05, 4.69) is 0 Å². The number of allylic oxidation sites excluding steroid dienone is 2. The predicted molar refractivity (Wildman–Crippen MR) is 122 cm³/mol. The zero-order valence-electron chi connectivity index (χ0n) is 19.2. The molecule has 1 aliphatic heterocycles. The molecule has 9 nitrogen and oxygen atoms in total. The average Bonchev–Trinajstić information content (AvgIpc) is 3.02. The summed E-state index contributed by atoms with van der Waals surface area (Å²) in [5.41, 5.74) is 1.98. The minimum absolute atomic E-state index is 0.0219. The zero-order valence-corrected chi connectivity index (χ0v) is 19.2. The van der Waals surface area contributed by atoms with Gasteiger partial charge in [-0.1, -0.05) is 11.6 Å². The van der Waals surface area contributed by atoms with Crippen LogP contribution in [-0.2, 0) is 17.8 Å². The van der Waals surface area contributed by atoms with Gasteiger partial charge in [0.1, 0.15) is 28.6 Å². The highest BCUT2D eigenvalue weighted by atomic mass is 16.5. The van der Waals surface area contributed by atoms with Crippen molar-refractivity contribution >= 4 is 17.8 Å². The number of hydrogen-bond donors (Lipinski definition) is 4.